The Labute approximate surface area is 93.5 Å². The normalized spacial score (nSPS) is 12.2. The number of unbranched alkanes of at least 4 members (excludes halogenated alkanes) is 1. The van der Waals surface area contributed by atoms with Crippen molar-refractivity contribution in [2.45, 2.75) is 39.2 Å². The second-order valence-electron chi connectivity index (χ2n) is 3.91. The van der Waals surface area contributed by atoms with Gasteiger partial charge in [-0.2, -0.15) is 0 Å². The molecule has 0 spiro atoms. The van der Waals surface area contributed by atoms with Crippen molar-refractivity contribution in [2.24, 2.45) is 0 Å². The fourth-order valence-electron chi connectivity index (χ4n) is 1.44. The summed E-state index contributed by atoms with van der Waals surface area (Å²) in [5.41, 5.74) is 0. The molecule has 0 saturated carbocycles. The molecule has 0 radical (unpaired) electrons. The van der Waals surface area contributed by atoms with Crippen LogP contribution in [-0.2, 0) is 4.79 Å². The highest BCUT2D eigenvalue weighted by molar-refractivity contribution is 5.76. The number of hydrogen-bond donors (Lipinski definition) is 1. The van der Waals surface area contributed by atoms with E-state index in [0.717, 1.165) is 25.9 Å². The van der Waals surface area contributed by atoms with Gasteiger partial charge in [-0.3, -0.25) is 4.79 Å². The molecule has 15 heavy (non-hydrogen) atoms. The van der Waals surface area contributed by atoms with Crippen LogP contribution in [0.4, 0.5) is 0 Å². The molecule has 0 rings (SSSR count). The van der Waals surface area contributed by atoms with E-state index in [-0.39, 0.29) is 11.9 Å². The van der Waals surface area contributed by atoms with Crippen LogP contribution in [0.25, 0.3) is 0 Å². The molecule has 0 saturated heterocycles. The van der Waals surface area contributed by atoms with E-state index >= 15 is 0 Å². The highest BCUT2D eigenvalue weighted by Gasteiger charge is 2.11. The van der Waals surface area contributed by atoms with E-state index < -0.39 is 0 Å². The molecule has 0 fully saturated rings. The summed E-state index contributed by atoms with van der Waals surface area (Å²) in [6.45, 7) is 9.49. The van der Waals surface area contributed by atoms with E-state index in [4.69, 9.17) is 0 Å². The van der Waals surface area contributed by atoms with Crippen LogP contribution in [0.15, 0.2) is 12.7 Å². The number of hydrogen-bond acceptors (Lipinski definition) is 2. The first-order chi connectivity index (χ1) is 7.11. The van der Waals surface area contributed by atoms with Gasteiger partial charge in [-0.25, -0.2) is 0 Å². The minimum atomic E-state index is 0.215. The van der Waals surface area contributed by atoms with Crippen LogP contribution in [0, 0.1) is 0 Å². The molecule has 3 heteroatoms. The van der Waals surface area contributed by atoms with Gasteiger partial charge in [0.15, 0.2) is 0 Å². The summed E-state index contributed by atoms with van der Waals surface area (Å²) in [4.78, 5) is 13.5. The van der Waals surface area contributed by atoms with Crippen LogP contribution in [0.3, 0.4) is 0 Å². The van der Waals surface area contributed by atoms with Crippen LogP contribution >= 0.6 is 0 Å². The van der Waals surface area contributed by atoms with Crippen molar-refractivity contribution in [1.29, 1.82) is 0 Å². The third kappa shape index (κ3) is 7.14. The second-order valence-corrected chi connectivity index (χ2v) is 3.91. The maximum absolute atomic E-state index is 11.7. The van der Waals surface area contributed by atoms with Crippen LogP contribution < -0.4 is 5.32 Å². The summed E-state index contributed by atoms with van der Waals surface area (Å²) in [7, 11) is 1.87. The second kappa shape index (κ2) is 8.48. The van der Waals surface area contributed by atoms with Gasteiger partial charge in [0.25, 0.3) is 0 Å². The van der Waals surface area contributed by atoms with E-state index in [0.29, 0.717) is 6.42 Å². The van der Waals surface area contributed by atoms with Crippen molar-refractivity contribution >= 4 is 5.91 Å². The van der Waals surface area contributed by atoms with Gasteiger partial charge in [-0.15, -0.1) is 6.58 Å². The van der Waals surface area contributed by atoms with Gasteiger partial charge in [0.1, 0.15) is 0 Å². The van der Waals surface area contributed by atoms with Gasteiger partial charge in [0.2, 0.25) is 5.91 Å². The number of rotatable bonds is 8. The minimum absolute atomic E-state index is 0.215. The Morgan fingerprint density at radius 2 is 2.27 bits per heavy atom. The Hall–Kier alpha value is -0.830. The Morgan fingerprint density at radius 3 is 2.80 bits per heavy atom. The summed E-state index contributed by atoms with van der Waals surface area (Å²) in [6, 6.07) is 0.268. The lowest BCUT2D eigenvalue weighted by Gasteiger charge is -2.19. The molecule has 0 aromatic carbocycles. The number of nitrogens with one attached hydrogen (secondary N) is 1. The first-order valence-electron chi connectivity index (χ1n) is 5.70. The minimum Gasteiger partial charge on any atom is -0.346 e. The van der Waals surface area contributed by atoms with Crippen LogP contribution in [-0.4, -0.2) is 37.0 Å². The lowest BCUT2D eigenvalue weighted by atomic mass is 10.2. The Bertz CT molecular complexity index is 192. The third-order valence-electron chi connectivity index (χ3n) is 2.36. The molecule has 0 heterocycles. The number of carbonyl (C=O) groups excluding carboxylic acids is 1. The summed E-state index contributed by atoms with van der Waals surface area (Å²) in [5.74, 6) is 0.215. The van der Waals surface area contributed by atoms with Crippen molar-refractivity contribution in [3.63, 3.8) is 0 Å². The predicted molar refractivity (Wildman–Crippen MR) is 64.8 cm³/mol. The summed E-state index contributed by atoms with van der Waals surface area (Å²) in [6.07, 6.45) is 4.44. The van der Waals surface area contributed by atoms with Crippen molar-refractivity contribution in [3.8, 4) is 0 Å². The van der Waals surface area contributed by atoms with E-state index in [1.165, 1.54) is 0 Å². The van der Waals surface area contributed by atoms with Crippen LogP contribution in [0.5, 0.6) is 0 Å². The lowest BCUT2D eigenvalue weighted by molar-refractivity contribution is -0.130. The molecule has 0 aliphatic carbocycles. The maximum Gasteiger partial charge on any atom is 0.223 e. The molecule has 0 bridgehead atoms. The molecular formula is C12H24N2O. The molecule has 1 unspecified atom stereocenters. The molecule has 1 N–H and O–H groups in total. The van der Waals surface area contributed by atoms with Gasteiger partial charge in [0, 0.05) is 26.1 Å². The number of carbonyl (C=O) groups is 1. The lowest BCUT2D eigenvalue weighted by Crippen LogP contribution is -2.35. The van der Waals surface area contributed by atoms with Crippen LogP contribution in [0.2, 0.25) is 0 Å². The van der Waals surface area contributed by atoms with E-state index in [1.807, 2.05) is 20.0 Å². The molecule has 0 aliphatic heterocycles. The fourth-order valence-corrected chi connectivity index (χ4v) is 1.44. The Morgan fingerprint density at radius 1 is 1.60 bits per heavy atom. The summed E-state index contributed by atoms with van der Waals surface area (Å²) < 4.78 is 0. The first-order valence-corrected chi connectivity index (χ1v) is 5.70. The number of nitrogens with zero attached hydrogens (tertiary/aromatic N) is 1. The molecule has 0 aliphatic rings. The average Bonchev–Trinajstić information content (AvgIpc) is 2.18. The van der Waals surface area contributed by atoms with Gasteiger partial charge in [0.05, 0.1) is 0 Å². The van der Waals surface area contributed by atoms with Crippen molar-refractivity contribution in [3.05, 3.63) is 12.7 Å². The summed E-state index contributed by atoms with van der Waals surface area (Å²) in [5, 5.41) is 3.23. The maximum atomic E-state index is 11.7. The predicted octanol–water partition coefficient (Wildman–Crippen LogP) is 1.80. The van der Waals surface area contributed by atoms with Crippen molar-refractivity contribution in [1.82, 2.24) is 10.2 Å². The largest absolute Gasteiger partial charge is 0.346 e. The topological polar surface area (TPSA) is 32.3 Å². The average molecular weight is 212 g/mol. The highest BCUT2D eigenvalue weighted by Crippen LogP contribution is 1.99. The van der Waals surface area contributed by atoms with Crippen molar-refractivity contribution in [2.75, 3.05) is 20.1 Å². The fraction of sp³-hybridized carbons (Fsp3) is 0.750. The zero-order valence-corrected chi connectivity index (χ0v) is 10.3. The van der Waals surface area contributed by atoms with Gasteiger partial charge < -0.3 is 10.2 Å². The monoisotopic (exact) mass is 212 g/mol. The van der Waals surface area contributed by atoms with Crippen LogP contribution in [0.1, 0.15) is 33.1 Å². The highest BCUT2D eigenvalue weighted by atomic mass is 16.2. The number of amides is 1. The van der Waals surface area contributed by atoms with E-state index in [2.05, 4.69) is 18.8 Å². The SMILES string of the molecule is C=CCCCN(C)C(=O)CC(C)NCC. The Kier molecular flexibility index (Phi) is 8.01. The quantitative estimate of drug-likeness (QED) is 0.491. The van der Waals surface area contributed by atoms with Gasteiger partial charge >= 0.3 is 0 Å². The molecule has 1 atom stereocenters. The summed E-state index contributed by atoms with van der Waals surface area (Å²) >= 11 is 0. The van der Waals surface area contributed by atoms with Gasteiger partial charge in [-0.05, 0) is 26.3 Å². The third-order valence-corrected chi connectivity index (χ3v) is 2.36. The zero-order valence-electron chi connectivity index (χ0n) is 10.3. The van der Waals surface area contributed by atoms with E-state index in [9.17, 15) is 4.79 Å². The smallest absolute Gasteiger partial charge is 0.223 e. The Balaban J connectivity index is 3.72. The standard InChI is InChI=1S/C12H24N2O/c1-5-7-8-9-14(4)12(15)10-11(3)13-6-2/h5,11,13H,1,6-10H2,2-4H3. The first kappa shape index (κ1) is 14.2. The molecular weight excluding hydrogens is 188 g/mol. The van der Waals surface area contributed by atoms with Crippen molar-refractivity contribution < 1.29 is 4.79 Å². The zero-order chi connectivity index (χ0) is 11.7. The molecule has 0 aromatic heterocycles. The molecule has 3 nitrogen and oxygen atoms in total. The van der Waals surface area contributed by atoms with E-state index in [1.54, 1.807) is 4.90 Å². The number of allylic oxidation sites excluding steroid dienone is 1. The molecule has 88 valence electrons. The molecule has 0 aromatic rings. The molecule has 1 amide bonds. The van der Waals surface area contributed by atoms with Gasteiger partial charge in [-0.1, -0.05) is 13.0 Å².